The van der Waals surface area contributed by atoms with Gasteiger partial charge in [-0.05, 0) is 104 Å². The van der Waals surface area contributed by atoms with Crippen LogP contribution in [0, 0.1) is 17.8 Å². The van der Waals surface area contributed by atoms with Gasteiger partial charge in [-0.15, -0.1) is 4.36 Å². The van der Waals surface area contributed by atoms with E-state index in [0.29, 0.717) is 47.1 Å². The number of amides is 1. The SMILES string of the molecule is CO[C@H]1/C=C/C[C@H](C)CS(=O)(Nc2nccc3nn(C)cc23)=NC(=O)c2ccc3c(c2)N(C[C@@H]2CC[C@H]21)C[C@@]1(CCCc2cc(Cl)ccc21)CO3. The van der Waals surface area contributed by atoms with Crippen LogP contribution in [0.25, 0.3) is 10.9 Å². The maximum atomic E-state index is 14.8. The lowest BCUT2D eigenvalue weighted by Crippen LogP contribution is -2.49. The summed E-state index contributed by atoms with van der Waals surface area (Å²) in [5, 5.41) is 5.94. The Balaban J connectivity index is 1.22. The van der Waals surface area contributed by atoms with E-state index in [9.17, 15) is 9.00 Å². The highest BCUT2D eigenvalue weighted by atomic mass is 35.5. The van der Waals surface area contributed by atoms with Gasteiger partial charge in [-0.1, -0.05) is 36.7 Å². The molecular formula is C39H45ClN6O4S. The van der Waals surface area contributed by atoms with E-state index in [-0.39, 0.29) is 23.2 Å². The summed E-state index contributed by atoms with van der Waals surface area (Å²) in [7, 11) is 0.295. The molecule has 12 heteroatoms. The average Bonchev–Trinajstić information content (AvgIpc) is 3.41. The number of pyridine rings is 1. The third-order valence-electron chi connectivity index (χ3n) is 11.3. The van der Waals surface area contributed by atoms with Crippen LogP contribution in [-0.2, 0) is 33.5 Å². The predicted octanol–water partition coefficient (Wildman–Crippen LogP) is 7.37. The van der Waals surface area contributed by atoms with Crippen LogP contribution in [0.5, 0.6) is 5.75 Å². The van der Waals surface area contributed by atoms with E-state index in [1.165, 1.54) is 11.1 Å². The number of carbonyl (C=O) groups is 1. The van der Waals surface area contributed by atoms with Crippen LogP contribution >= 0.6 is 11.6 Å². The molecule has 2 aliphatic heterocycles. The van der Waals surface area contributed by atoms with Crippen LogP contribution in [0.4, 0.5) is 11.5 Å². The Morgan fingerprint density at radius 2 is 2.04 bits per heavy atom. The summed E-state index contributed by atoms with van der Waals surface area (Å²) in [6, 6.07) is 13.6. The minimum Gasteiger partial charge on any atom is -0.490 e. The number of methoxy groups -OCH3 is 1. The molecule has 8 rings (SSSR count). The number of halogens is 1. The molecule has 10 nitrogen and oxygen atoms in total. The number of allylic oxidation sites excluding steroid dienone is 1. The monoisotopic (exact) mass is 728 g/mol. The molecule has 0 saturated heterocycles. The quantitative estimate of drug-likeness (QED) is 0.220. The van der Waals surface area contributed by atoms with Crippen LogP contribution in [0.3, 0.4) is 0 Å². The minimum atomic E-state index is -3.32. The van der Waals surface area contributed by atoms with Crippen LogP contribution in [0.2, 0.25) is 5.02 Å². The number of hydrogen-bond donors (Lipinski definition) is 1. The molecule has 1 saturated carbocycles. The first kappa shape index (κ1) is 34.2. The number of nitrogens with one attached hydrogen (secondary N) is 1. The number of anilines is 2. The summed E-state index contributed by atoms with van der Waals surface area (Å²) < 4.78 is 36.9. The molecule has 1 amide bonds. The fraction of sp³-hybridized carbons (Fsp3) is 0.462. The lowest BCUT2D eigenvalue weighted by molar-refractivity contribution is 0.0131. The summed E-state index contributed by atoms with van der Waals surface area (Å²) in [5.41, 5.74) is 4.29. The molecule has 2 bridgehead atoms. The molecule has 6 atom stereocenters. The van der Waals surface area contributed by atoms with Gasteiger partial charge in [0.25, 0.3) is 5.91 Å². The van der Waals surface area contributed by atoms with Crippen molar-refractivity contribution < 1.29 is 18.5 Å². The Kier molecular flexibility index (Phi) is 9.09. The van der Waals surface area contributed by atoms with Crippen molar-refractivity contribution >= 4 is 49.8 Å². The summed E-state index contributed by atoms with van der Waals surface area (Å²) in [6.45, 7) is 4.12. The Bertz CT molecular complexity index is 2140. The Morgan fingerprint density at radius 3 is 2.86 bits per heavy atom. The molecule has 4 aromatic rings. The van der Waals surface area contributed by atoms with Crippen molar-refractivity contribution in [3.8, 4) is 5.75 Å². The summed E-state index contributed by atoms with van der Waals surface area (Å²) in [5.74, 6) is 1.47. The van der Waals surface area contributed by atoms with E-state index in [4.69, 9.17) is 21.1 Å². The van der Waals surface area contributed by atoms with Crippen LogP contribution in [0.1, 0.15) is 60.5 Å². The molecule has 2 aromatic heterocycles. The second-order valence-electron chi connectivity index (χ2n) is 15.0. The van der Waals surface area contributed by atoms with Crippen molar-refractivity contribution in [2.24, 2.45) is 29.2 Å². The smallest absolute Gasteiger partial charge is 0.286 e. The van der Waals surface area contributed by atoms with Crippen molar-refractivity contribution in [2.75, 3.05) is 42.2 Å². The number of nitrogens with zero attached hydrogens (tertiary/aromatic N) is 5. The third-order valence-corrected chi connectivity index (χ3v) is 13.5. The Labute approximate surface area is 304 Å². The molecule has 1 N–H and O–H groups in total. The first-order valence-corrected chi connectivity index (χ1v) is 20.0. The highest BCUT2D eigenvalue weighted by Crippen LogP contribution is 2.47. The molecule has 1 fully saturated rings. The van der Waals surface area contributed by atoms with Gasteiger partial charge in [0.1, 0.15) is 21.5 Å². The molecule has 51 heavy (non-hydrogen) atoms. The van der Waals surface area contributed by atoms with E-state index >= 15 is 0 Å². The van der Waals surface area contributed by atoms with Crippen LogP contribution < -0.4 is 14.4 Å². The molecule has 1 spiro atoms. The number of benzene rings is 2. The Hall–Kier alpha value is -3.93. The van der Waals surface area contributed by atoms with Gasteiger partial charge in [-0.2, -0.15) is 5.10 Å². The second kappa shape index (κ2) is 13.6. The van der Waals surface area contributed by atoms with Crippen LogP contribution in [-0.4, -0.2) is 63.5 Å². The largest absolute Gasteiger partial charge is 0.490 e. The van der Waals surface area contributed by atoms with E-state index in [1.54, 1.807) is 30.1 Å². The average molecular weight is 729 g/mol. The van der Waals surface area contributed by atoms with Gasteiger partial charge in [-0.25, -0.2) is 9.19 Å². The van der Waals surface area contributed by atoms with E-state index in [2.05, 4.69) is 48.4 Å². The topological polar surface area (TPSA) is 111 Å². The highest BCUT2D eigenvalue weighted by molar-refractivity contribution is 7.95. The highest BCUT2D eigenvalue weighted by Gasteiger charge is 2.44. The summed E-state index contributed by atoms with van der Waals surface area (Å²) in [4.78, 5) is 21.1. The second-order valence-corrected chi connectivity index (χ2v) is 17.4. The molecule has 2 aromatic carbocycles. The van der Waals surface area contributed by atoms with Crippen molar-refractivity contribution in [3.05, 3.63) is 88.7 Å². The van der Waals surface area contributed by atoms with Crippen LogP contribution in [0.15, 0.2) is 71.4 Å². The fourth-order valence-electron chi connectivity index (χ4n) is 8.66. The first-order valence-electron chi connectivity index (χ1n) is 18.0. The summed E-state index contributed by atoms with van der Waals surface area (Å²) >= 11 is 6.47. The number of aryl methyl sites for hydroxylation is 2. The van der Waals surface area contributed by atoms with E-state index < -0.39 is 15.8 Å². The number of carbonyl (C=O) groups excluding carboxylic acids is 1. The van der Waals surface area contributed by atoms with Gasteiger partial charge >= 0.3 is 0 Å². The lowest BCUT2D eigenvalue weighted by atomic mass is 9.68. The molecule has 0 radical (unpaired) electrons. The van der Waals surface area contributed by atoms with E-state index in [1.807, 2.05) is 38.4 Å². The molecule has 4 aliphatic rings. The number of hydrogen-bond acceptors (Lipinski definition) is 7. The fourth-order valence-corrected chi connectivity index (χ4v) is 10.8. The summed E-state index contributed by atoms with van der Waals surface area (Å²) in [6.07, 6.45) is 13.6. The number of aromatic nitrogens is 3. The predicted molar refractivity (Wildman–Crippen MR) is 202 cm³/mol. The maximum Gasteiger partial charge on any atom is 0.286 e. The van der Waals surface area contributed by atoms with E-state index in [0.717, 1.165) is 61.7 Å². The van der Waals surface area contributed by atoms with Crippen molar-refractivity contribution in [3.63, 3.8) is 0 Å². The molecule has 4 heterocycles. The van der Waals surface area contributed by atoms with Gasteiger partial charge in [0.15, 0.2) is 0 Å². The maximum absolute atomic E-state index is 14.8. The normalized spacial score (nSPS) is 30.0. The van der Waals surface area contributed by atoms with Crippen molar-refractivity contribution in [2.45, 2.75) is 57.0 Å². The van der Waals surface area contributed by atoms with Gasteiger partial charge < -0.3 is 14.4 Å². The third kappa shape index (κ3) is 6.64. The van der Waals surface area contributed by atoms with Gasteiger partial charge in [-0.3, -0.25) is 14.2 Å². The lowest BCUT2D eigenvalue weighted by Gasteiger charge is -2.46. The van der Waals surface area contributed by atoms with Crippen molar-refractivity contribution in [1.29, 1.82) is 0 Å². The zero-order chi connectivity index (χ0) is 35.3. The van der Waals surface area contributed by atoms with Gasteiger partial charge in [0, 0.05) is 55.6 Å². The number of rotatable bonds is 3. The van der Waals surface area contributed by atoms with Gasteiger partial charge in [0.2, 0.25) is 0 Å². The Morgan fingerprint density at radius 1 is 1.16 bits per heavy atom. The van der Waals surface area contributed by atoms with Crippen molar-refractivity contribution in [1.82, 2.24) is 14.8 Å². The number of ether oxygens (including phenoxy) is 2. The molecule has 1 unspecified atom stereocenters. The zero-order valence-corrected chi connectivity index (χ0v) is 31.0. The first-order chi connectivity index (χ1) is 24.6. The minimum absolute atomic E-state index is 0.0227. The molecule has 2 aliphatic carbocycles. The number of fused-ring (bicyclic) bond motifs is 5. The zero-order valence-electron chi connectivity index (χ0n) is 29.4. The molecular weight excluding hydrogens is 684 g/mol. The molecule has 268 valence electrons. The van der Waals surface area contributed by atoms with Gasteiger partial charge in [0.05, 0.1) is 35.1 Å². The standard InChI is InChI=1S/C39H45ClN6O4S/c1-25-6-4-8-35(49-3)30-12-9-28(30)20-46-23-39(16-5-7-26-18-29(40)11-13-32(26)39)24-50-36-14-10-27(19-34(36)46)38(47)44-51(48,22-25)43-37-31-21-45(2)42-33(31)15-17-41-37/h4,8,10-11,13-15,17-19,21,25,28,30,35H,5-7,9,12,16,20,22-24H2,1-3H3,(H,41,43,44,47,48)/b8-4+/t25-,28-,30+,35-,39-,51?/m0/s1.